The van der Waals surface area contributed by atoms with Crippen LogP contribution >= 0.6 is 11.3 Å². The van der Waals surface area contributed by atoms with Gasteiger partial charge in [-0.25, -0.2) is 4.98 Å². The highest BCUT2D eigenvalue weighted by Gasteiger charge is 2.10. The summed E-state index contributed by atoms with van der Waals surface area (Å²) in [5.41, 5.74) is 3.83. The van der Waals surface area contributed by atoms with E-state index in [2.05, 4.69) is 10.3 Å². The van der Waals surface area contributed by atoms with Gasteiger partial charge in [0.05, 0.1) is 15.2 Å². The largest absolute Gasteiger partial charge is 0.456 e. The second kappa shape index (κ2) is 8.77. The SMILES string of the molecule is Cc1ccc(NC(=O)COC(=O)CCCc2nc3ccccc3s2)c(C)c1. The molecule has 3 rings (SSSR count). The van der Waals surface area contributed by atoms with Gasteiger partial charge in [0.1, 0.15) is 0 Å². The molecule has 3 aromatic rings. The maximum absolute atomic E-state index is 12.0. The first-order valence-electron chi connectivity index (χ1n) is 8.88. The number of nitrogens with zero attached hydrogens (tertiary/aromatic N) is 1. The quantitative estimate of drug-likeness (QED) is 0.614. The van der Waals surface area contributed by atoms with Crippen LogP contribution in [-0.4, -0.2) is 23.5 Å². The maximum Gasteiger partial charge on any atom is 0.306 e. The number of nitrogens with one attached hydrogen (secondary N) is 1. The predicted molar refractivity (Wildman–Crippen MR) is 108 cm³/mol. The van der Waals surface area contributed by atoms with E-state index in [0.717, 1.165) is 38.5 Å². The van der Waals surface area contributed by atoms with Crippen molar-refractivity contribution in [3.8, 4) is 0 Å². The van der Waals surface area contributed by atoms with Gasteiger partial charge < -0.3 is 10.1 Å². The molecule has 0 radical (unpaired) electrons. The van der Waals surface area contributed by atoms with Crippen molar-refractivity contribution in [1.29, 1.82) is 0 Å². The van der Waals surface area contributed by atoms with Gasteiger partial charge in [-0.1, -0.05) is 29.8 Å². The van der Waals surface area contributed by atoms with E-state index in [-0.39, 0.29) is 24.9 Å². The standard InChI is InChI=1S/C21H22N2O3S/c1-14-10-11-16(15(2)12-14)22-19(24)13-26-21(25)9-5-8-20-23-17-6-3-4-7-18(17)27-20/h3-4,6-7,10-12H,5,8-9,13H2,1-2H3,(H,22,24). The molecule has 0 spiro atoms. The normalized spacial score (nSPS) is 10.7. The summed E-state index contributed by atoms with van der Waals surface area (Å²) < 4.78 is 6.22. The minimum Gasteiger partial charge on any atom is -0.456 e. The highest BCUT2D eigenvalue weighted by molar-refractivity contribution is 7.18. The van der Waals surface area contributed by atoms with E-state index in [1.165, 1.54) is 0 Å². The third kappa shape index (κ3) is 5.37. The summed E-state index contributed by atoms with van der Waals surface area (Å²) >= 11 is 1.64. The van der Waals surface area contributed by atoms with Gasteiger partial charge >= 0.3 is 5.97 Å². The molecule has 0 bridgehead atoms. The molecular formula is C21H22N2O3S. The van der Waals surface area contributed by atoms with Gasteiger partial charge in [0.15, 0.2) is 6.61 Å². The molecule has 0 aliphatic carbocycles. The molecule has 6 heteroatoms. The van der Waals surface area contributed by atoms with Crippen molar-refractivity contribution in [3.05, 3.63) is 58.6 Å². The number of hydrogen-bond donors (Lipinski definition) is 1. The number of ether oxygens (including phenoxy) is 1. The second-order valence-corrected chi connectivity index (χ2v) is 7.57. The third-order valence-corrected chi connectivity index (χ3v) is 5.23. The minimum atomic E-state index is -0.369. The van der Waals surface area contributed by atoms with Crippen LogP contribution in [0.15, 0.2) is 42.5 Å². The number of amides is 1. The molecule has 1 aromatic heterocycles. The van der Waals surface area contributed by atoms with Gasteiger partial charge in [-0.15, -0.1) is 11.3 Å². The Morgan fingerprint density at radius 2 is 1.96 bits per heavy atom. The van der Waals surface area contributed by atoms with Crippen molar-refractivity contribution in [2.75, 3.05) is 11.9 Å². The van der Waals surface area contributed by atoms with E-state index < -0.39 is 0 Å². The average molecular weight is 382 g/mol. The van der Waals surface area contributed by atoms with Gasteiger partial charge in [-0.2, -0.15) is 0 Å². The van der Waals surface area contributed by atoms with Crippen molar-refractivity contribution in [3.63, 3.8) is 0 Å². The molecule has 27 heavy (non-hydrogen) atoms. The average Bonchev–Trinajstić information content (AvgIpc) is 3.05. The molecule has 1 heterocycles. The minimum absolute atomic E-state index is 0.271. The Hall–Kier alpha value is -2.73. The van der Waals surface area contributed by atoms with Crippen LogP contribution in [0.1, 0.15) is 29.0 Å². The number of esters is 1. The number of hydrogen-bond acceptors (Lipinski definition) is 5. The number of anilines is 1. The molecule has 0 unspecified atom stereocenters. The van der Waals surface area contributed by atoms with Gasteiger partial charge in [-0.3, -0.25) is 9.59 Å². The Labute approximate surface area is 162 Å². The number of aryl methyl sites for hydroxylation is 3. The Morgan fingerprint density at radius 3 is 2.74 bits per heavy atom. The number of thiazole rings is 1. The van der Waals surface area contributed by atoms with Gasteiger partial charge in [-0.05, 0) is 50.5 Å². The fourth-order valence-electron chi connectivity index (χ4n) is 2.77. The molecule has 0 fully saturated rings. The number of carbonyl (C=O) groups is 2. The van der Waals surface area contributed by atoms with E-state index in [4.69, 9.17) is 4.74 Å². The summed E-state index contributed by atoms with van der Waals surface area (Å²) in [4.78, 5) is 28.4. The van der Waals surface area contributed by atoms with Crippen LogP contribution in [0.4, 0.5) is 5.69 Å². The summed E-state index contributed by atoms with van der Waals surface area (Å²) in [5, 5.41) is 3.78. The Balaban J connectivity index is 1.39. The smallest absolute Gasteiger partial charge is 0.306 e. The van der Waals surface area contributed by atoms with E-state index in [9.17, 15) is 9.59 Å². The van der Waals surface area contributed by atoms with Crippen molar-refractivity contribution in [2.45, 2.75) is 33.1 Å². The van der Waals surface area contributed by atoms with Crippen molar-refractivity contribution >= 4 is 39.1 Å². The summed E-state index contributed by atoms with van der Waals surface area (Å²) in [5.74, 6) is -0.701. The van der Waals surface area contributed by atoms with E-state index >= 15 is 0 Å². The third-order valence-electron chi connectivity index (χ3n) is 4.13. The molecule has 0 atom stereocenters. The van der Waals surface area contributed by atoms with Gasteiger partial charge in [0, 0.05) is 12.1 Å². The van der Waals surface area contributed by atoms with Gasteiger partial charge in [0.25, 0.3) is 5.91 Å². The summed E-state index contributed by atoms with van der Waals surface area (Å²) in [6, 6.07) is 13.7. The van der Waals surface area contributed by atoms with Gasteiger partial charge in [0.2, 0.25) is 0 Å². The fourth-order valence-corrected chi connectivity index (χ4v) is 3.78. The number of fused-ring (bicyclic) bond motifs is 1. The summed E-state index contributed by atoms with van der Waals surface area (Å²) in [7, 11) is 0. The fraction of sp³-hybridized carbons (Fsp3) is 0.286. The lowest BCUT2D eigenvalue weighted by molar-refractivity contribution is -0.147. The number of benzene rings is 2. The summed E-state index contributed by atoms with van der Waals surface area (Å²) in [6.07, 6.45) is 1.65. The highest BCUT2D eigenvalue weighted by Crippen LogP contribution is 2.22. The van der Waals surface area contributed by atoms with E-state index in [0.29, 0.717) is 6.42 Å². The number of para-hydroxylation sites is 1. The van der Waals surface area contributed by atoms with E-state index in [1.807, 2.05) is 56.3 Å². The van der Waals surface area contributed by atoms with Crippen LogP contribution < -0.4 is 5.32 Å². The molecule has 0 saturated heterocycles. The lowest BCUT2D eigenvalue weighted by atomic mass is 10.1. The van der Waals surface area contributed by atoms with Crippen molar-refractivity contribution in [2.24, 2.45) is 0 Å². The first-order valence-corrected chi connectivity index (χ1v) is 9.70. The Morgan fingerprint density at radius 1 is 1.15 bits per heavy atom. The molecule has 0 aliphatic rings. The second-order valence-electron chi connectivity index (χ2n) is 6.46. The zero-order valence-corrected chi connectivity index (χ0v) is 16.3. The van der Waals surface area contributed by atoms with Crippen LogP contribution in [0, 0.1) is 13.8 Å². The van der Waals surface area contributed by atoms with E-state index in [1.54, 1.807) is 11.3 Å². The number of rotatable bonds is 7. The first kappa shape index (κ1) is 19.0. The van der Waals surface area contributed by atoms with Crippen LogP contribution in [0.3, 0.4) is 0 Å². The molecule has 5 nitrogen and oxygen atoms in total. The maximum atomic E-state index is 12.0. The molecule has 0 aliphatic heterocycles. The van der Waals surface area contributed by atoms with Crippen molar-refractivity contribution in [1.82, 2.24) is 4.98 Å². The zero-order chi connectivity index (χ0) is 19.2. The molecule has 2 aromatic carbocycles. The first-order chi connectivity index (χ1) is 13.0. The molecule has 0 saturated carbocycles. The van der Waals surface area contributed by atoms with Crippen LogP contribution in [-0.2, 0) is 20.7 Å². The van der Waals surface area contributed by atoms with Crippen molar-refractivity contribution < 1.29 is 14.3 Å². The number of carbonyl (C=O) groups excluding carboxylic acids is 2. The molecule has 140 valence electrons. The zero-order valence-electron chi connectivity index (χ0n) is 15.5. The monoisotopic (exact) mass is 382 g/mol. The van der Waals surface area contributed by atoms with Crippen LogP contribution in [0.5, 0.6) is 0 Å². The lowest BCUT2D eigenvalue weighted by Crippen LogP contribution is -2.21. The Kier molecular flexibility index (Phi) is 6.19. The number of aromatic nitrogens is 1. The molecule has 1 amide bonds. The highest BCUT2D eigenvalue weighted by atomic mass is 32.1. The predicted octanol–water partition coefficient (Wildman–Crippen LogP) is 4.42. The molecule has 1 N–H and O–H groups in total. The Bertz CT molecular complexity index is 932. The lowest BCUT2D eigenvalue weighted by Gasteiger charge is -2.09. The van der Waals surface area contributed by atoms with Crippen LogP contribution in [0.25, 0.3) is 10.2 Å². The van der Waals surface area contributed by atoms with Crippen LogP contribution in [0.2, 0.25) is 0 Å². The topological polar surface area (TPSA) is 68.3 Å². The molecular weight excluding hydrogens is 360 g/mol. The summed E-state index contributed by atoms with van der Waals surface area (Å²) in [6.45, 7) is 3.65.